The number of rotatable bonds is 0. The molecule has 0 saturated heterocycles. The average Bonchev–Trinajstić information content (AvgIpc) is 2.54. The quantitative estimate of drug-likeness (QED) is 0.530. The average molecular weight is 168 g/mol. The Labute approximate surface area is 77.4 Å². The monoisotopic (exact) mass is 168 g/mol. The molecule has 62 valence electrons. The van der Waals surface area contributed by atoms with Gasteiger partial charge in [0.2, 0.25) is 0 Å². The van der Waals surface area contributed by atoms with Crippen LogP contribution >= 0.6 is 0 Å². The van der Waals surface area contributed by atoms with E-state index in [-0.39, 0.29) is 0 Å². The van der Waals surface area contributed by atoms with E-state index < -0.39 is 0 Å². The molecule has 0 amide bonds. The molecule has 0 aliphatic carbocycles. The largest absolute Gasteiger partial charge is 0.355 e. The van der Waals surface area contributed by atoms with Gasteiger partial charge in [0.1, 0.15) is 0 Å². The number of aromatic amines is 1. The van der Waals surface area contributed by atoms with E-state index in [9.17, 15) is 0 Å². The molecule has 0 spiro atoms. The molecule has 0 fully saturated rings. The van der Waals surface area contributed by atoms with Gasteiger partial charge in [-0.15, -0.1) is 0 Å². The summed E-state index contributed by atoms with van der Waals surface area (Å²) in [4.78, 5) is 3.30. The van der Waals surface area contributed by atoms with E-state index in [2.05, 4.69) is 17.1 Å². The number of para-hydroxylation sites is 2. The summed E-state index contributed by atoms with van der Waals surface area (Å²) in [6.45, 7) is 0. The summed E-state index contributed by atoms with van der Waals surface area (Å²) in [6, 6.07) is 14.4. The van der Waals surface area contributed by atoms with Crippen LogP contribution in [-0.4, -0.2) is 4.98 Å². The number of benzene rings is 2. The summed E-state index contributed by atoms with van der Waals surface area (Å²) in [7, 11) is 0. The predicted octanol–water partition coefficient (Wildman–Crippen LogP) is 3.32. The number of hydrogen-bond donors (Lipinski definition) is 1. The molecule has 0 atom stereocenters. The SMILES string of the molecule is [2H]c1ccc2c(c1)[nH]c1ccccc12. The van der Waals surface area contributed by atoms with Crippen molar-refractivity contribution in [2.24, 2.45) is 0 Å². The first-order chi connectivity index (χ1) is 6.84. The Kier molecular flexibility index (Phi) is 1.06. The van der Waals surface area contributed by atoms with Crippen molar-refractivity contribution in [2.45, 2.75) is 0 Å². The third-order valence-corrected chi connectivity index (χ3v) is 2.35. The molecular weight excluding hydrogens is 158 g/mol. The Bertz CT molecular complexity index is 610. The van der Waals surface area contributed by atoms with Crippen molar-refractivity contribution in [3.05, 3.63) is 48.5 Å². The zero-order valence-electron chi connectivity index (χ0n) is 8.04. The molecule has 1 N–H and O–H groups in total. The van der Waals surface area contributed by atoms with E-state index in [1.165, 1.54) is 10.8 Å². The second-order valence-electron chi connectivity index (χ2n) is 3.14. The summed E-state index contributed by atoms with van der Waals surface area (Å²) >= 11 is 0. The van der Waals surface area contributed by atoms with Crippen LogP contribution in [0, 0.1) is 0 Å². The van der Waals surface area contributed by atoms with E-state index >= 15 is 0 Å². The lowest BCUT2D eigenvalue weighted by atomic mass is 10.2. The Morgan fingerprint density at radius 3 is 2.46 bits per heavy atom. The molecule has 13 heavy (non-hydrogen) atoms. The molecule has 1 heteroatoms. The molecule has 0 radical (unpaired) electrons. The highest BCUT2D eigenvalue weighted by Gasteiger charge is 2.00. The molecule has 0 unspecified atom stereocenters. The third kappa shape index (κ3) is 0.872. The van der Waals surface area contributed by atoms with Gasteiger partial charge in [0.15, 0.2) is 0 Å². The molecule has 1 aromatic heterocycles. The first kappa shape index (κ1) is 5.81. The van der Waals surface area contributed by atoms with Crippen molar-refractivity contribution in [3.63, 3.8) is 0 Å². The lowest BCUT2D eigenvalue weighted by Gasteiger charge is -1.87. The molecule has 1 nitrogen and oxygen atoms in total. The van der Waals surface area contributed by atoms with Crippen molar-refractivity contribution in [1.29, 1.82) is 0 Å². The molecule has 0 aliphatic rings. The molecule has 0 aliphatic heterocycles. The standard InChI is InChI=1S/C12H9N/c1-3-7-11-9(5-1)10-6-2-4-8-12(10)13-11/h1-8,13H/i3D. The molecule has 3 rings (SSSR count). The van der Waals surface area contributed by atoms with Gasteiger partial charge in [-0.1, -0.05) is 36.4 Å². The molecule has 1 heterocycles. The normalized spacial score (nSPS) is 12.2. The first-order valence-electron chi connectivity index (χ1n) is 4.82. The van der Waals surface area contributed by atoms with Crippen LogP contribution in [0.1, 0.15) is 1.37 Å². The van der Waals surface area contributed by atoms with Gasteiger partial charge in [0, 0.05) is 21.8 Å². The topological polar surface area (TPSA) is 15.8 Å². The second kappa shape index (κ2) is 2.36. The highest BCUT2D eigenvalue weighted by Crippen LogP contribution is 2.24. The third-order valence-electron chi connectivity index (χ3n) is 2.35. The van der Waals surface area contributed by atoms with Crippen LogP contribution in [0.3, 0.4) is 0 Å². The van der Waals surface area contributed by atoms with Crippen LogP contribution in [-0.2, 0) is 0 Å². The predicted molar refractivity (Wildman–Crippen MR) is 55.8 cm³/mol. The maximum Gasteiger partial charge on any atom is 0.0623 e. The molecule has 0 bridgehead atoms. The van der Waals surface area contributed by atoms with Crippen molar-refractivity contribution < 1.29 is 1.37 Å². The van der Waals surface area contributed by atoms with Gasteiger partial charge >= 0.3 is 0 Å². The van der Waals surface area contributed by atoms with Gasteiger partial charge < -0.3 is 4.98 Å². The summed E-state index contributed by atoms with van der Waals surface area (Å²) in [5.74, 6) is 0. The number of aromatic nitrogens is 1. The van der Waals surface area contributed by atoms with E-state index in [4.69, 9.17) is 1.37 Å². The van der Waals surface area contributed by atoms with Gasteiger partial charge in [-0.25, -0.2) is 0 Å². The minimum Gasteiger partial charge on any atom is -0.355 e. The first-order valence-corrected chi connectivity index (χ1v) is 4.32. The lowest BCUT2D eigenvalue weighted by molar-refractivity contribution is 1.55. The highest BCUT2D eigenvalue weighted by molar-refractivity contribution is 6.06. The number of H-pyrrole nitrogens is 1. The van der Waals surface area contributed by atoms with Gasteiger partial charge in [0.05, 0.1) is 1.37 Å². The molecule has 0 saturated carbocycles. The van der Waals surface area contributed by atoms with E-state index in [0.29, 0.717) is 6.04 Å². The van der Waals surface area contributed by atoms with Crippen LogP contribution in [0.4, 0.5) is 0 Å². The van der Waals surface area contributed by atoms with Crippen LogP contribution in [0.15, 0.2) is 48.5 Å². The molecule has 3 aromatic rings. The fraction of sp³-hybridized carbons (Fsp3) is 0. The fourth-order valence-electron chi connectivity index (χ4n) is 1.74. The minimum absolute atomic E-state index is 0.545. The zero-order valence-corrected chi connectivity index (χ0v) is 7.04. The lowest BCUT2D eigenvalue weighted by Crippen LogP contribution is -1.62. The second-order valence-corrected chi connectivity index (χ2v) is 3.14. The number of fused-ring (bicyclic) bond motifs is 3. The molecular formula is C12H9N. The Hall–Kier alpha value is -1.76. The minimum atomic E-state index is 0.545. The van der Waals surface area contributed by atoms with Gasteiger partial charge in [-0.3, -0.25) is 0 Å². The molecule has 2 aromatic carbocycles. The van der Waals surface area contributed by atoms with Crippen LogP contribution in [0.5, 0.6) is 0 Å². The number of nitrogens with one attached hydrogen (secondary N) is 1. The van der Waals surface area contributed by atoms with Crippen LogP contribution < -0.4 is 0 Å². The van der Waals surface area contributed by atoms with Crippen LogP contribution in [0.2, 0.25) is 0 Å². The van der Waals surface area contributed by atoms with Gasteiger partial charge in [-0.05, 0) is 12.1 Å². The van der Waals surface area contributed by atoms with Gasteiger partial charge in [0.25, 0.3) is 0 Å². The summed E-state index contributed by atoms with van der Waals surface area (Å²) in [5.41, 5.74) is 2.17. The van der Waals surface area contributed by atoms with Crippen molar-refractivity contribution >= 4 is 21.8 Å². The Balaban J connectivity index is 2.57. The summed E-state index contributed by atoms with van der Waals surface area (Å²) in [5, 5.41) is 2.42. The van der Waals surface area contributed by atoms with E-state index in [0.717, 1.165) is 11.0 Å². The van der Waals surface area contributed by atoms with Crippen molar-refractivity contribution in [1.82, 2.24) is 4.98 Å². The van der Waals surface area contributed by atoms with Crippen molar-refractivity contribution in [2.75, 3.05) is 0 Å². The van der Waals surface area contributed by atoms with Crippen molar-refractivity contribution in [3.8, 4) is 0 Å². The van der Waals surface area contributed by atoms with Gasteiger partial charge in [-0.2, -0.15) is 0 Å². The summed E-state index contributed by atoms with van der Waals surface area (Å²) < 4.78 is 7.53. The number of hydrogen-bond acceptors (Lipinski definition) is 0. The van der Waals surface area contributed by atoms with E-state index in [1.54, 1.807) is 0 Å². The smallest absolute Gasteiger partial charge is 0.0623 e. The maximum atomic E-state index is 7.53. The Morgan fingerprint density at radius 2 is 1.54 bits per heavy atom. The highest BCUT2D eigenvalue weighted by atomic mass is 14.7. The van der Waals surface area contributed by atoms with E-state index in [1.807, 2.05) is 30.3 Å². The summed E-state index contributed by atoms with van der Waals surface area (Å²) in [6.07, 6.45) is 0. The Morgan fingerprint density at radius 1 is 0.846 bits per heavy atom. The maximum absolute atomic E-state index is 7.53. The zero-order chi connectivity index (χ0) is 9.54. The fourth-order valence-corrected chi connectivity index (χ4v) is 1.74. The van der Waals surface area contributed by atoms with Crippen LogP contribution in [0.25, 0.3) is 21.8 Å².